The Labute approximate surface area is 64.3 Å². The van der Waals surface area contributed by atoms with Crippen molar-refractivity contribution in [1.29, 1.82) is 5.41 Å². The van der Waals surface area contributed by atoms with Gasteiger partial charge in [0.05, 0.1) is 5.25 Å². The van der Waals surface area contributed by atoms with Gasteiger partial charge in [-0.15, -0.1) is 0 Å². The summed E-state index contributed by atoms with van der Waals surface area (Å²) >= 11 is 1.20. The molecule has 0 aliphatic rings. The molecule has 0 radical (unpaired) electrons. The summed E-state index contributed by atoms with van der Waals surface area (Å²) in [5, 5.41) is 5.77. The van der Waals surface area contributed by atoms with E-state index in [1.165, 1.54) is 11.8 Å². The molecule has 0 aliphatic carbocycles. The third-order valence-corrected chi connectivity index (χ3v) is 3.00. The lowest BCUT2D eigenvalue weighted by molar-refractivity contribution is 0.497. The average molecular weight is 183 g/mol. The Morgan fingerprint density at radius 2 is 2.10 bits per heavy atom. The van der Waals surface area contributed by atoms with Crippen LogP contribution < -0.4 is 0 Å². The number of hydrogen-bond acceptors (Lipinski definition) is 4. The molecule has 0 spiro atoms. The van der Waals surface area contributed by atoms with E-state index >= 15 is 0 Å². The third kappa shape index (κ3) is 2.68. The molecule has 0 aromatic heterocycles. The van der Waals surface area contributed by atoms with E-state index in [-0.39, 0.29) is 0 Å². The van der Waals surface area contributed by atoms with E-state index in [4.69, 9.17) is 9.96 Å². The van der Waals surface area contributed by atoms with E-state index in [0.29, 0.717) is 0 Å². The molecule has 0 bridgehead atoms. The molecule has 0 saturated carbocycles. The van der Waals surface area contributed by atoms with Crippen LogP contribution >= 0.6 is 11.8 Å². The molecule has 0 aromatic rings. The summed E-state index contributed by atoms with van der Waals surface area (Å²) in [6, 6.07) is 0. The number of thioether (sulfide) groups is 1. The van der Waals surface area contributed by atoms with Crippen molar-refractivity contribution in [2.24, 2.45) is 0 Å². The Kier molecular flexibility index (Phi) is 3.34. The molecule has 4 nitrogen and oxygen atoms in total. The van der Waals surface area contributed by atoms with Gasteiger partial charge < -0.3 is 0 Å². The highest BCUT2D eigenvalue weighted by Crippen LogP contribution is 2.09. The largest absolute Gasteiger partial charge is 0.308 e. The van der Waals surface area contributed by atoms with E-state index in [2.05, 4.69) is 0 Å². The van der Waals surface area contributed by atoms with Gasteiger partial charge in [-0.3, -0.25) is 9.96 Å². The van der Waals surface area contributed by atoms with Gasteiger partial charge in [-0.05, 0) is 13.2 Å². The lowest BCUT2D eigenvalue weighted by atomic mass is 10.5. The van der Waals surface area contributed by atoms with Crippen LogP contribution in [0.15, 0.2) is 0 Å². The van der Waals surface area contributed by atoms with Crippen molar-refractivity contribution >= 4 is 26.9 Å². The maximum absolute atomic E-state index is 10.2. The fraction of sp³-hybridized carbons (Fsp3) is 0.750. The van der Waals surface area contributed by atoms with Crippen LogP contribution in [0.4, 0.5) is 0 Å². The van der Waals surface area contributed by atoms with Gasteiger partial charge in [0.2, 0.25) is 0 Å². The van der Waals surface area contributed by atoms with Gasteiger partial charge in [0.1, 0.15) is 0 Å². The Morgan fingerprint density at radius 1 is 1.70 bits per heavy atom. The van der Waals surface area contributed by atoms with E-state index < -0.39 is 20.4 Å². The standard InChI is InChI=1S/C4H9NO3S2/c1-3(9-2)4(5)10(6,7)8/h3,5H,1-2H3,(H,6,7,8). The van der Waals surface area contributed by atoms with Crippen molar-refractivity contribution in [2.75, 3.05) is 6.26 Å². The van der Waals surface area contributed by atoms with Crippen molar-refractivity contribution in [1.82, 2.24) is 0 Å². The average Bonchev–Trinajstić information content (AvgIpc) is 1.83. The van der Waals surface area contributed by atoms with E-state index in [1.54, 1.807) is 13.2 Å². The predicted octanol–water partition coefficient (Wildman–Crippen LogP) is 0.603. The molecule has 1 atom stereocenters. The van der Waals surface area contributed by atoms with Crippen LogP contribution in [-0.2, 0) is 10.1 Å². The summed E-state index contributed by atoms with van der Waals surface area (Å²) in [6.45, 7) is 1.54. The van der Waals surface area contributed by atoms with E-state index in [0.717, 1.165) is 0 Å². The summed E-state index contributed by atoms with van der Waals surface area (Å²) in [4.78, 5) is 0. The zero-order valence-electron chi connectivity index (χ0n) is 5.66. The number of nitrogens with one attached hydrogen (secondary N) is 1. The molecule has 0 amide bonds. The van der Waals surface area contributed by atoms with Crippen LogP contribution in [0, 0.1) is 5.41 Å². The van der Waals surface area contributed by atoms with Gasteiger partial charge in [-0.2, -0.15) is 20.2 Å². The first kappa shape index (κ1) is 9.93. The molecule has 10 heavy (non-hydrogen) atoms. The fourth-order valence-electron chi connectivity index (χ4n) is 0.317. The maximum Gasteiger partial charge on any atom is 0.308 e. The Hall–Kier alpha value is -0.0700. The molecular weight excluding hydrogens is 174 g/mol. The minimum absolute atomic E-state index is 0.477. The summed E-state index contributed by atoms with van der Waals surface area (Å²) in [5.41, 5.74) is 0. The second-order valence-corrected chi connectivity index (χ2v) is 4.29. The topological polar surface area (TPSA) is 78.2 Å². The molecule has 0 heterocycles. The van der Waals surface area contributed by atoms with Crippen LogP contribution in [-0.4, -0.2) is 29.5 Å². The smallest absolute Gasteiger partial charge is 0.291 e. The molecule has 60 valence electrons. The lowest BCUT2D eigenvalue weighted by Gasteiger charge is -2.05. The van der Waals surface area contributed by atoms with Crippen LogP contribution in [0.5, 0.6) is 0 Å². The number of hydrogen-bond donors (Lipinski definition) is 2. The van der Waals surface area contributed by atoms with Crippen LogP contribution in [0.2, 0.25) is 0 Å². The quantitative estimate of drug-likeness (QED) is 0.373. The molecule has 6 heteroatoms. The highest BCUT2D eigenvalue weighted by atomic mass is 32.2. The summed E-state index contributed by atoms with van der Waals surface area (Å²) in [6.07, 6.45) is 1.67. The second-order valence-electron chi connectivity index (χ2n) is 1.72. The van der Waals surface area contributed by atoms with Crippen molar-refractivity contribution in [2.45, 2.75) is 12.2 Å². The van der Waals surface area contributed by atoms with Crippen LogP contribution in [0.3, 0.4) is 0 Å². The van der Waals surface area contributed by atoms with E-state index in [1.807, 2.05) is 0 Å². The van der Waals surface area contributed by atoms with Gasteiger partial charge in [0, 0.05) is 0 Å². The molecule has 0 fully saturated rings. The minimum Gasteiger partial charge on any atom is -0.291 e. The summed E-state index contributed by atoms with van der Waals surface area (Å²) in [7, 11) is -4.25. The SMILES string of the molecule is CSC(C)C(=N)S(=O)(=O)O. The van der Waals surface area contributed by atoms with E-state index in [9.17, 15) is 8.42 Å². The highest BCUT2D eigenvalue weighted by molar-refractivity contribution is 8.07. The fourth-order valence-corrected chi connectivity index (χ4v) is 1.60. The molecule has 0 rings (SSSR count). The molecular formula is C4H9NO3S2. The van der Waals surface area contributed by atoms with Crippen molar-refractivity contribution in [3.63, 3.8) is 0 Å². The number of rotatable bonds is 2. The zero-order chi connectivity index (χ0) is 8.36. The first-order valence-electron chi connectivity index (χ1n) is 2.48. The van der Waals surface area contributed by atoms with Gasteiger partial charge in [-0.25, -0.2) is 0 Å². The summed E-state index contributed by atoms with van der Waals surface area (Å²) in [5.74, 6) is 0. The van der Waals surface area contributed by atoms with Crippen LogP contribution in [0.25, 0.3) is 0 Å². The predicted molar refractivity (Wildman–Crippen MR) is 42.3 cm³/mol. The van der Waals surface area contributed by atoms with Crippen molar-refractivity contribution in [3.05, 3.63) is 0 Å². The molecule has 0 aliphatic heterocycles. The Morgan fingerprint density at radius 3 is 2.20 bits per heavy atom. The highest BCUT2D eigenvalue weighted by Gasteiger charge is 2.19. The minimum atomic E-state index is -4.25. The Balaban J connectivity index is 4.40. The van der Waals surface area contributed by atoms with Crippen LogP contribution in [0.1, 0.15) is 6.92 Å². The third-order valence-electron chi connectivity index (χ3n) is 1.00. The van der Waals surface area contributed by atoms with Crippen molar-refractivity contribution < 1.29 is 13.0 Å². The first-order chi connectivity index (χ1) is 4.39. The molecule has 0 aromatic carbocycles. The molecule has 0 saturated heterocycles. The van der Waals surface area contributed by atoms with Gasteiger partial charge in [-0.1, -0.05) is 0 Å². The first-order valence-corrected chi connectivity index (χ1v) is 5.21. The second kappa shape index (κ2) is 3.36. The Bertz CT molecular complexity index is 221. The lowest BCUT2D eigenvalue weighted by Crippen LogP contribution is -2.21. The monoisotopic (exact) mass is 183 g/mol. The van der Waals surface area contributed by atoms with Gasteiger partial charge in [0.25, 0.3) is 0 Å². The molecule has 2 N–H and O–H groups in total. The van der Waals surface area contributed by atoms with Crippen molar-refractivity contribution in [3.8, 4) is 0 Å². The van der Waals surface area contributed by atoms with Gasteiger partial charge in [0.15, 0.2) is 5.04 Å². The zero-order valence-corrected chi connectivity index (χ0v) is 7.29. The normalized spacial score (nSPS) is 14.7. The molecule has 1 unspecified atom stereocenters. The summed E-state index contributed by atoms with van der Waals surface area (Å²) < 4.78 is 28.8. The van der Waals surface area contributed by atoms with Gasteiger partial charge >= 0.3 is 10.1 Å². The maximum atomic E-state index is 10.2.